The van der Waals surface area contributed by atoms with Gasteiger partial charge in [0.2, 0.25) is 5.91 Å². The van der Waals surface area contributed by atoms with E-state index in [1.807, 2.05) is 23.1 Å². The Balaban J connectivity index is 1.46. The summed E-state index contributed by atoms with van der Waals surface area (Å²) in [6, 6.07) is 8.79. The van der Waals surface area contributed by atoms with Crippen molar-refractivity contribution in [3.8, 4) is 11.5 Å². The number of rotatable bonds is 5. The van der Waals surface area contributed by atoms with Crippen molar-refractivity contribution in [3.63, 3.8) is 0 Å². The molecule has 2 aromatic rings. The third kappa shape index (κ3) is 4.12. The molecule has 0 N–H and O–H groups in total. The van der Waals surface area contributed by atoms with E-state index >= 15 is 0 Å². The average molecular weight is 416 g/mol. The summed E-state index contributed by atoms with van der Waals surface area (Å²) in [5, 5.41) is 0. The molecule has 30 heavy (non-hydrogen) atoms. The number of carbonyl (C=O) groups excluding carboxylic acids is 1. The molecule has 0 radical (unpaired) electrons. The van der Waals surface area contributed by atoms with Gasteiger partial charge in [-0.15, -0.1) is 0 Å². The second-order valence-electron chi connectivity index (χ2n) is 7.91. The van der Waals surface area contributed by atoms with Gasteiger partial charge in [-0.3, -0.25) is 9.69 Å². The summed E-state index contributed by atoms with van der Waals surface area (Å²) in [5.41, 5.74) is 1.27. The van der Waals surface area contributed by atoms with Crippen LogP contribution in [0, 0.1) is 11.6 Å². The number of halogens is 2. The topological polar surface area (TPSA) is 42.0 Å². The molecule has 1 fully saturated rings. The van der Waals surface area contributed by atoms with Crippen molar-refractivity contribution in [2.24, 2.45) is 0 Å². The molecule has 2 atom stereocenters. The predicted octanol–water partition coefficient (Wildman–Crippen LogP) is 4.09. The number of likely N-dealkylation sites (N-methyl/N-ethyl adjacent to an activating group) is 1. The maximum Gasteiger partial charge on any atom is 0.237 e. The lowest BCUT2D eigenvalue weighted by Gasteiger charge is -2.30. The van der Waals surface area contributed by atoms with Crippen LogP contribution in [0.1, 0.15) is 43.0 Å². The van der Waals surface area contributed by atoms with E-state index in [1.54, 1.807) is 18.9 Å². The first kappa shape index (κ1) is 20.6. The maximum atomic E-state index is 14.1. The number of fused-ring (bicyclic) bond motifs is 1. The Labute approximate surface area is 175 Å². The van der Waals surface area contributed by atoms with E-state index in [-0.39, 0.29) is 24.1 Å². The number of carbonyl (C=O) groups is 1. The molecule has 1 saturated heterocycles. The van der Waals surface area contributed by atoms with Gasteiger partial charge < -0.3 is 14.4 Å². The van der Waals surface area contributed by atoms with Crippen LogP contribution in [0.25, 0.3) is 0 Å². The monoisotopic (exact) mass is 416 g/mol. The first-order valence-corrected chi connectivity index (χ1v) is 10.3. The Kier molecular flexibility index (Phi) is 5.90. The molecule has 0 aliphatic carbocycles. The van der Waals surface area contributed by atoms with Crippen LogP contribution >= 0.6 is 0 Å². The highest BCUT2D eigenvalue weighted by Gasteiger charge is 2.32. The number of benzene rings is 2. The summed E-state index contributed by atoms with van der Waals surface area (Å²) in [6.45, 7) is 3.62. The smallest absolute Gasteiger partial charge is 0.237 e. The Bertz CT molecular complexity index is 937. The second-order valence-corrected chi connectivity index (χ2v) is 7.91. The lowest BCUT2D eigenvalue weighted by Crippen LogP contribution is -2.39. The highest BCUT2D eigenvalue weighted by Crippen LogP contribution is 2.38. The Hall–Kier alpha value is -2.67. The molecule has 0 saturated carbocycles. The largest absolute Gasteiger partial charge is 0.486 e. The van der Waals surface area contributed by atoms with Crippen LogP contribution in [0.4, 0.5) is 8.78 Å². The third-order valence-corrected chi connectivity index (χ3v) is 5.98. The molecule has 160 valence electrons. The van der Waals surface area contributed by atoms with E-state index in [1.165, 1.54) is 6.07 Å². The number of hydrogen-bond donors (Lipinski definition) is 0. The van der Waals surface area contributed by atoms with Gasteiger partial charge in [0.15, 0.2) is 11.5 Å². The van der Waals surface area contributed by atoms with Gasteiger partial charge in [-0.2, -0.15) is 0 Å². The van der Waals surface area contributed by atoms with Gasteiger partial charge in [0.1, 0.15) is 24.8 Å². The average Bonchev–Trinajstić information content (AvgIpc) is 3.24. The molecular weight excluding hydrogens is 390 g/mol. The van der Waals surface area contributed by atoms with E-state index < -0.39 is 17.7 Å². The van der Waals surface area contributed by atoms with Gasteiger partial charge in [0.25, 0.3) is 0 Å². The fourth-order valence-electron chi connectivity index (χ4n) is 4.19. The molecule has 0 aromatic heterocycles. The predicted molar refractivity (Wildman–Crippen MR) is 109 cm³/mol. The lowest BCUT2D eigenvalue weighted by molar-refractivity contribution is -0.133. The number of amides is 1. The van der Waals surface area contributed by atoms with Crippen molar-refractivity contribution in [2.45, 2.75) is 31.8 Å². The van der Waals surface area contributed by atoms with E-state index in [2.05, 4.69) is 0 Å². The van der Waals surface area contributed by atoms with Crippen molar-refractivity contribution in [2.75, 3.05) is 33.4 Å². The van der Waals surface area contributed by atoms with Crippen LogP contribution in [-0.2, 0) is 4.79 Å². The van der Waals surface area contributed by atoms with Gasteiger partial charge in [-0.25, -0.2) is 8.78 Å². The zero-order chi connectivity index (χ0) is 21.3. The van der Waals surface area contributed by atoms with E-state index in [0.717, 1.165) is 36.3 Å². The van der Waals surface area contributed by atoms with Crippen molar-refractivity contribution in [1.82, 2.24) is 9.80 Å². The number of hydrogen-bond acceptors (Lipinski definition) is 4. The molecule has 4 rings (SSSR count). The highest BCUT2D eigenvalue weighted by atomic mass is 19.1. The van der Waals surface area contributed by atoms with E-state index in [0.29, 0.717) is 25.5 Å². The Morgan fingerprint density at radius 1 is 1.17 bits per heavy atom. The van der Waals surface area contributed by atoms with Gasteiger partial charge in [-0.05, 0) is 62.7 Å². The first-order chi connectivity index (χ1) is 14.4. The van der Waals surface area contributed by atoms with Crippen molar-refractivity contribution < 1.29 is 23.0 Å². The summed E-state index contributed by atoms with van der Waals surface area (Å²) < 4.78 is 39.0. The Morgan fingerprint density at radius 3 is 2.73 bits per heavy atom. The quantitative estimate of drug-likeness (QED) is 0.736. The molecule has 5 nitrogen and oxygen atoms in total. The van der Waals surface area contributed by atoms with Crippen LogP contribution in [0.2, 0.25) is 0 Å². The SMILES string of the molecule is CC(c1cc(F)ccc1F)N(C)CC(=O)N1CCCC1c1ccc2c(c1)OCCO2. The van der Waals surface area contributed by atoms with Crippen LogP contribution in [-0.4, -0.2) is 49.1 Å². The van der Waals surface area contributed by atoms with Crippen LogP contribution < -0.4 is 9.47 Å². The molecule has 2 heterocycles. The van der Waals surface area contributed by atoms with Crippen molar-refractivity contribution >= 4 is 5.91 Å². The lowest BCUT2D eigenvalue weighted by atomic mass is 10.0. The number of likely N-dealkylation sites (tertiary alicyclic amines) is 1. The van der Waals surface area contributed by atoms with E-state index in [9.17, 15) is 13.6 Å². The van der Waals surface area contributed by atoms with Gasteiger partial charge in [-0.1, -0.05) is 6.07 Å². The minimum absolute atomic E-state index is 0.0251. The van der Waals surface area contributed by atoms with Gasteiger partial charge in [0, 0.05) is 18.2 Å². The number of nitrogens with zero attached hydrogens (tertiary/aromatic N) is 2. The normalized spacial score (nSPS) is 19.2. The van der Waals surface area contributed by atoms with E-state index in [4.69, 9.17) is 9.47 Å². The zero-order valence-corrected chi connectivity index (χ0v) is 17.2. The molecule has 0 bridgehead atoms. The van der Waals surface area contributed by atoms with Crippen LogP contribution in [0.5, 0.6) is 11.5 Å². The second kappa shape index (κ2) is 8.60. The summed E-state index contributed by atoms with van der Waals surface area (Å²) in [5.74, 6) is 0.449. The highest BCUT2D eigenvalue weighted by molar-refractivity contribution is 5.79. The fraction of sp³-hybridized carbons (Fsp3) is 0.435. The summed E-state index contributed by atoms with van der Waals surface area (Å²) in [7, 11) is 1.75. The molecular formula is C23H26F2N2O3. The molecule has 2 aromatic carbocycles. The zero-order valence-electron chi connectivity index (χ0n) is 17.2. The van der Waals surface area contributed by atoms with Crippen LogP contribution in [0.3, 0.4) is 0 Å². The number of ether oxygens (including phenoxy) is 2. The maximum absolute atomic E-state index is 14.1. The molecule has 1 amide bonds. The summed E-state index contributed by atoms with van der Waals surface area (Å²) in [6.07, 6.45) is 1.80. The van der Waals surface area contributed by atoms with Crippen LogP contribution in [0.15, 0.2) is 36.4 Å². The molecule has 2 aliphatic rings. The molecule has 2 unspecified atom stereocenters. The minimum atomic E-state index is -0.490. The molecule has 0 spiro atoms. The van der Waals surface area contributed by atoms with Gasteiger partial charge in [0.05, 0.1) is 12.6 Å². The Morgan fingerprint density at radius 2 is 1.93 bits per heavy atom. The standard InChI is InChI=1S/C23H26F2N2O3/c1-15(18-13-17(24)6-7-19(18)25)26(2)14-23(28)27-9-3-4-20(27)16-5-8-21-22(12-16)30-11-10-29-21/h5-8,12-13,15,20H,3-4,9-11,14H2,1-2H3. The molecule has 7 heteroatoms. The van der Waals surface area contributed by atoms with Crippen molar-refractivity contribution in [1.29, 1.82) is 0 Å². The van der Waals surface area contributed by atoms with Gasteiger partial charge >= 0.3 is 0 Å². The summed E-state index contributed by atoms with van der Waals surface area (Å²) >= 11 is 0. The minimum Gasteiger partial charge on any atom is -0.486 e. The van der Waals surface area contributed by atoms with Crippen molar-refractivity contribution in [3.05, 3.63) is 59.2 Å². The fourth-order valence-corrected chi connectivity index (χ4v) is 4.19. The summed E-state index contributed by atoms with van der Waals surface area (Å²) in [4.78, 5) is 16.7. The molecule has 2 aliphatic heterocycles. The third-order valence-electron chi connectivity index (χ3n) is 5.98. The first-order valence-electron chi connectivity index (χ1n) is 10.3.